The van der Waals surface area contributed by atoms with Gasteiger partial charge in [0.05, 0.1) is 18.1 Å². The summed E-state index contributed by atoms with van der Waals surface area (Å²) in [6.45, 7) is 0.445. The van der Waals surface area contributed by atoms with E-state index in [9.17, 15) is 9.18 Å². The quantitative estimate of drug-likeness (QED) is 0.611. The molecule has 1 aromatic rings. The maximum Gasteiger partial charge on any atom is 0.258 e. The number of nitrogens with zero attached hydrogens (tertiary/aromatic N) is 1. The van der Waals surface area contributed by atoms with Gasteiger partial charge in [-0.3, -0.25) is 4.79 Å². The number of carbonyl (C=O) groups excluding carboxylic acids is 1. The van der Waals surface area contributed by atoms with Gasteiger partial charge in [0, 0.05) is 6.54 Å². The maximum atomic E-state index is 13.7. The second-order valence-corrected chi connectivity index (χ2v) is 3.74. The van der Waals surface area contributed by atoms with E-state index in [4.69, 9.17) is 4.74 Å². The van der Waals surface area contributed by atoms with Crippen LogP contribution < -0.4 is 4.74 Å². The van der Waals surface area contributed by atoms with Crippen LogP contribution in [0.4, 0.5) is 4.39 Å². The van der Waals surface area contributed by atoms with Crippen molar-refractivity contribution in [2.75, 3.05) is 12.6 Å². The lowest BCUT2D eigenvalue weighted by Crippen LogP contribution is -2.22. The summed E-state index contributed by atoms with van der Waals surface area (Å²) in [4.78, 5) is 13.2. The summed E-state index contributed by atoms with van der Waals surface area (Å²) < 4.78 is 18.6. The Kier molecular flexibility index (Phi) is 2.65. The molecule has 0 N–H and O–H groups in total. The standard InChI is InChI=1S/C10H9BrFNO2/c1-15-7-3-2-6-4-13(5-11)10(14)8(6)9(7)12/h2-3H,4-5H2,1H3. The first-order chi connectivity index (χ1) is 7.19. The molecule has 80 valence electrons. The number of rotatable bonds is 2. The number of amides is 1. The van der Waals surface area contributed by atoms with Crippen LogP contribution in [-0.2, 0) is 6.54 Å². The predicted octanol–water partition coefficient (Wildman–Crippen LogP) is 2.14. The number of carbonyl (C=O) groups is 1. The van der Waals surface area contributed by atoms with Crippen LogP contribution in [0, 0.1) is 5.82 Å². The minimum atomic E-state index is -0.566. The van der Waals surface area contributed by atoms with Gasteiger partial charge in [-0.05, 0) is 11.6 Å². The SMILES string of the molecule is COc1ccc2c(c1F)C(=O)N(CBr)C2. The molecule has 0 bridgehead atoms. The van der Waals surface area contributed by atoms with E-state index >= 15 is 0 Å². The smallest absolute Gasteiger partial charge is 0.258 e. The molecule has 1 aliphatic rings. The van der Waals surface area contributed by atoms with Gasteiger partial charge < -0.3 is 9.64 Å². The van der Waals surface area contributed by atoms with Gasteiger partial charge >= 0.3 is 0 Å². The summed E-state index contributed by atoms with van der Waals surface area (Å²) in [5, 5.41) is 0. The highest BCUT2D eigenvalue weighted by Gasteiger charge is 2.31. The highest BCUT2D eigenvalue weighted by Crippen LogP contribution is 2.30. The van der Waals surface area contributed by atoms with Crippen LogP contribution in [0.1, 0.15) is 15.9 Å². The van der Waals surface area contributed by atoms with Crippen LogP contribution in [0.25, 0.3) is 0 Å². The molecule has 0 radical (unpaired) electrons. The average molecular weight is 274 g/mol. The van der Waals surface area contributed by atoms with Crippen molar-refractivity contribution in [1.82, 2.24) is 4.90 Å². The molecule has 0 spiro atoms. The number of hydrogen-bond acceptors (Lipinski definition) is 2. The van der Waals surface area contributed by atoms with Crippen molar-refractivity contribution in [3.63, 3.8) is 0 Å². The fourth-order valence-electron chi connectivity index (χ4n) is 1.65. The molecule has 0 unspecified atom stereocenters. The Morgan fingerprint density at radius 1 is 1.60 bits per heavy atom. The molecule has 0 fully saturated rings. The Hall–Kier alpha value is -1.10. The molecule has 2 rings (SSSR count). The second kappa shape index (κ2) is 3.81. The number of benzene rings is 1. The Balaban J connectivity index is 2.52. The van der Waals surface area contributed by atoms with Crippen LogP contribution in [0.2, 0.25) is 0 Å². The molecule has 0 saturated carbocycles. The van der Waals surface area contributed by atoms with Crippen molar-refractivity contribution >= 4 is 21.8 Å². The van der Waals surface area contributed by atoms with Crippen molar-refractivity contribution in [2.45, 2.75) is 6.54 Å². The van der Waals surface area contributed by atoms with Crippen LogP contribution in [0.5, 0.6) is 5.75 Å². The Labute approximate surface area is 95.0 Å². The van der Waals surface area contributed by atoms with Crippen molar-refractivity contribution in [3.8, 4) is 5.75 Å². The number of methoxy groups -OCH3 is 1. The third-order valence-electron chi connectivity index (χ3n) is 2.42. The Morgan fingerprint density at radius 3 is 2.93 bits per heavy atom. The van der Waals surface area contributed by atoms with Gasteiger partial charge in [0.25, 0.3) is 5.91 Å². The first kappa shape index (κ1) is 10.4. The first-order valence-electron chi connectivity index (χ1n) is 4.39. The van der Waals surface area contributed by atoms with Crippen molar-refractivity contribution in [3.05, 3.63) is 29.1 Å². The summed E-state index contributed by atoms with van der Waals surface area (Å²) in [6, 6.07) is 3.26. The average Bonchev–Trinajstić information content (AvgIpc) is 2.57. The molecule has 1 heterocycles. The van der Waals surface area contributed by atoms with E-state index < -0.39 is 5.82 Å². The molecular weight excluding hydrogens is 265 g/mol. The Bertz CT molecular complexity index is 422. The normalized spacial score (nSPS) is 14.3. The highest BCUT2D eigenvalue weighted by atomic mass is 79.9. The van der Waals surface area contributed by atoms with Crippen molar-refractivity contribution in [1.29, 1.82) is 0 Å². The first-order valence-corrected chi connectivity index (χ1v) is 5.51. The second-order valence-electron chi connectivity index (χ2n) is 3.24. The molecule has 3 nitrogen and oxygen atoms in total. The van der Waals surface area contributed by atoms with Crippen molar-refractivity contribution in [2.24, 2.45) is 0 Å². The van der Waals surface area contributed by atoms with E-state index in [0.29, 0.717) is 17.6 Å². The molecule has 1 aliphatic heterocycles. The van der Waals surface area contributed by atoms with Gasteiger partial charge in [-0.25, -0.2) is 4.39 Å². The van der Waals surface area contributed by atoms with E-state index in [-0.39, 0.29) is 17.2 Å². The monoisotopic (exact) mass is 273 g/mol. The molecule has 1 aromatic carbocycles. The van der Waals surface area contributed by atoms with Gasteiger partial charge in [-0.1, -0.05) is 22.0 Å². The molecule has 0 saturated heterocycles. The van der Waals surface area contributed by atoms with Gasteiger partial charge in [-0.2, -0.15) is 0 Å². The van der Waals surface area contributed by atoms with Crippen LogP contribution in [0.3, 0.4) is 0 Å². The molecule has 1 amide bonds. The third kappa shape index (κ3) is 1.51. The number of ether oxygens (including phenoxy) is 1. The van der Waals surface area contributed by atoms with Gasteiger partial charge in [0.15, 0.2) is 11.6 Å². The lowest BCUT2D eigenvalue weighted by molar-refractivity contribution is 0.0806. The van der Waals surface area contributed by atoms with Crippen LogP contribution in [-0.4, -0.2) is 23.4 Å². The Morgan fingerprint density at radius 2 is 2.33 bits per heavy atom. The lowest BCUT2D eigenvalue weighted by Gasteiger charge is -2.09. The summed E-state index contributed by atoms with van der Waals surface area (Å²) in [5.74, 6) is -0.750. The van der Waals surface area contributed by atoms with Crippen LogP contribution >= 0.6 is 15.9 Å². The lowest BCUT2D eigenvalue weighted by atomic mass is 10.1. The third-order valence-corrected chi connectivity index (χ3v) is 3.02. The zero-order valence-corrected chi connectivity index (χ0v) is 9.67. The topological polar surface area (TPSA) is 29.5 Å². The maximum absolute atomic E-state index is 13.7. The molecule has 5 heteroatoms. The van der Waals surface area contributed by atoms with Crippen LogP contribution in [0.15, 0.2) is 12.1 Å². The van der Waals surface area contributed by atoms with E-state index in [1.807, 2.05) is 0 Å². The summed E-state index contributed by atoms with van der Waals surface area (Å²) >= 11 is 3.19. The number of alkyl halides is 1. The van der Waals surface area contributed by atoms with E-state index in [0.717, 1.165) is 0 Å². The number of fused-ring (bicyclic) bond motifs is 1. The van der Waals surface area contributed by atoms with Gasteiger partial charge in [-0.15, -0.1) is 0 Å². The largest absolute Gasteiger partial charge is 0.494 e. The molecule has 0 atom stereocenters. The number of hydrogen-bond donors (Lipinski definition) is 0. The van der Waals surface area contributed by atoms with E-state index in [1.54, 1.807) is 12.1 Å². The zero-order valence-electron chi connectivity index (χ0n) is 8.09. The zero-order chi connectivity index (χ0) is 11.0. The van der Waals surface area contributed by atoms with E-state index in [2.05, 4.69) is 15.9 Å². The van der Waals surface area contributed by atoms with Gasteiger partial charge in [0.2, 0.25) is 0 Å². The molecule has 15 heavy (non-hydrogen) atoms. The molecule has 0 aromatic heterocycles. The molecular formula is C10H9BrFNO2. The van der Waals surface area contributed by atoms with Crippen molar-refractivity contribution < 1.29 is 13.9 Å². The summed E-state index contributed by atoms with van der Waals surface area (Å²) in [6.07, 6.45) is 0. The fraction of sp³-hybridized carbons (Fsp3) is 0.300. The highest BCUT2D eigenvalue weighted by molar-refractivity contribution is 9.09. The summed E-state index contributed by atoms with van der Waals surface area (Å²) in [7, 11) is 1.38. The minimum Gasteiger partial charge on any atom is -0.494 e. The van der Waals surface area contributed by atoms with E-state index in [1.165, 1.54) is 12.0 Å². The van der Waals surface area contributed by atoms with Gasteiger partial charge in [0.1, 0.15) is 0 Å². The summed E-state index contributed by atoms with van der Waals surface area (Å²) in [5.41, 5.74) is 1.24. The predicted molar refractivity (Wildman–Crippen MR) is 56.6 cm³/mol. The minimum absolute atomic E-state index is 0.110. The fourth-order valence-corrected chi connectivity index (χ4v) is 2.05. The number of halogens is 2. The molecule has 0 aliphatic carbocycles.